The monoisotopic (exact) mass is 879 g/mol. The van der Waals surface area contributed by atoms with Crippen molar-refractivity contribution >= 4 is 58.4 Å². The average Bonchev–Trinajstić information content (AvgIpc) is 3.82. The summed E-state index contributed by atoms with van der Waals surface area (Å²) in [7, 11) is -3.80. The van der Waals surface area contributed by atoms with Crippen molar-refractivity contribution in [3.8, 4) is 33.4 Å². The van der Waals surface area contributed by atoms with Crippen LogP contribution in [0.3, 0.4) is 0 Å². The number of anilines is 3. The Bertz CT molecular complexity index is 3480. The highest BCUT2D eigenvalue weighted by atomic mass is 32.2. The molecule has 3 fully saturated rings. The van der Waals surface area contributed by atoms with Gasteiger partial charge in [-0.05, 0) is 155 Å². The number of hydrogen-bond acceptors (Lipinski definition) is 4. The Morgan fingerprint density at radius 1 is 0.508 bits per heavy atom. The fourth-order valence-corrected chi connectivity index (χ4v) is 17.0. The first-order chi connectivity index (χ1) is 31.8. The summed E-state index contributed by atoms with van der Waals surface area (Å²) in [5.41, 5.74) is 11.7. The van der Waals surface area contributed by atoms with Crippen molar-refractivity contribution in [3.05, 3.63) is 199 Å². The van der Waals surface area contributed by atoms with Crippen molar-refractivity contribution in [1.29, 1.82) is 0 Å². The first-order valence-electron chi connectivity index (χ1n) is 23.3. The van der Waals surface area contributed by atoms with Crippen LogP contribution < -0.4 is 4.90 Å². The molecule has 0 N–H and O–H groups in total. The van der Waals surface area contributed by atoms with Gasteiger partial charge in [-0.25, -0.2) is 8.42 Å². The lowest BCUT2D eigenvalue weighted by Crippen LogP contribution is -2.67. The van der Waals surface area contributed by atoms with Gasteiger partial charge in [-0.15, -0.1) is 11.3 Å². The maximum absolute atomic E-state index is 15.2. The van der Waals surface area contributed by atoms with Crippen LogP contribution in [0.25, 0.3) is 53.6 Å². The second-order valence-corrected chi connectivity index (χ2v) is 22.4. The van der Waals surface area contributed by atoms with Gasteiger partial charge in [0.1, 0.15) is 0 Å². The summed E-state index contributed by atoms with van der Waals surface area (Å²) in [5.74, 6) is 1.90. The van der Waals surface area contributed by atoms with Crippen LogP contribution in [0.4, 0.5) is 17.1 Å². The third kappa shape index (κ3) is 5.43. The van der Waals surface area contributed by atoms with Gasteiger partial charge in [0.15, 0.2) is 0 Å². The molecule has 2 unspecified atom stereocenters. The molecule has 318 valence electrons. The predicted octanol–water partition coefficient (Wildman–Crippen LogP) is 16.0. The largest absolute Gasteiger partial charge is 0.310 e. The summed E-state index contributed by atoms with van der Waals surface area (Å²) in [6, 6.07) is 67.0. The standard InChI is InChI=1S/C60H49NO2S2/c1-38-32-43-34-39(2)59-37-44(33-38)60(43,59)52-22-9-11-25-56(52)65(62,63)57-31-30-47(36-53(57)59)61(46-17-12-16-42(35-46)40-14-4-3-5-15-40)45-28-26-41(27-29-45)48-18-6-7-19-49(48)50-21-13-24-55-58(50)51-20-8-10-23-54(51)64-55/h3-31,35-36,38-39,43-44H,32-34,37H2,1-2H3/t38-,39+,43+,44-,59?,60?/m0/s1. The Morgan fingerprint density at radius 3 is 2.02 bits per heavy atom. The molecule has 4 aliphatic rings. The molecule has 0 radical (unpaired) electrons. The molecule has 6 atom stereocenters. The lowest BCUT2D eigenvalue weighted by Gasteiger charge is -2.68. The molecule has 65 heavy (non-hydrogen) atoms. The van der Waals surface area contributed by atoms with Crippen molar-refractivity contribution in [2.45, 2.75) is 60.2 Å². The van der Waals surface area contributed by atoms with E-state index >= 15 is 8.42 Å². The highest BCUT2D eigenvalue weighted by molar-refractivity contribution is 7.91. The maximum atomic E-state index is 15.2. The number of sulfone groups is 1. The van der Waals surface area contributed by atoms with Crippen LogP contribution in [0.1, 0.15) is 50.7 Å². The zero-order valence-electron chi connectivity index (χ0n) is 36.6. The van der Waals surface area contributed by atoms with Crippen molar-refractivity contribution in [2.24, 2.45) is 23.7 Å². The summed E-state index contributed by atoms with van der Waals surface area (Å²) in [6.07, 6.45) is 4.46. The van der Waals surface area contributed by atoms with E-state index in [9.17, 15) is 0 Å². The van der Waals surface area contributed by atoms with Gasteiger partial charge in [-0.1, -0.05) is 141 Å². The van der Waals surface area contributed by atoms with Crippen LogP contribution in [-0.2, 0) is 20.7 Å². The zero-order valence-corrected chi connectivity index (χ0v) is 38.2. The maximum Gasteiger partial charge on any atom is 0.207 e. The quantitative estimate of drug-likeness (QED) is 0.167. The van der Waals surface area contributed by atoms with Gasteiger partial charge >= 0.3 is 0 Å². The minimum absolute atomic E-state index is 0.195. The van der Waals surface area contributed by atoms with Crippen LogP contribution in [0.15, 0.2) is 198 Å². The molecule has 2 heterocycles. The summed E-state index contributed by atoms with van der Waals surface area (Å²) in [5, 5.41) is 2.60. The highest BCUT2D eigenvalue weighted by Gasteiger charge is 2.77. The Balaban J connectivity index is 0.990. The SMILES string of the molecule is C[C@H]1C[C@@H]2C[C@@H](C)C34C[C@H](C1)C23c1ccccc1S(=O)(=O)c1ccc(N(c2ccc(-c3ccccc3-c3cccc5sc6ccccc6c35)cc2)c2cccc(-c3ccccc3)c2)cc14. The van der Waals surface area contributed by atoms with Gasteiger partial charge in [0.2, 0.25) is 9.84 Å². The van der Waals surface area contributed by atoms with E-state index in [0.717, 1.165) is 70.6 Å². The van der Waals surface area contributed by atoms with Crippen molar-refractivity contribution in [1.82, 2.24) is 0 Å². The smallest absolute Gasteiger partial charge is 0.207 e. The molecule has 9 aromatic rings. The molecule has 3 nitrogen and oxygen atoms in total. The molecule has 13 rings (SSSR count). The molecule has 1 aromatic heterocycles. The summed E-state index contributed by atoms with van der Waals surface area (Å²) in [4.78, 5) is 3.37. The van der Waals surface area contributed by atoms with Gasteiger partial charge in [0.25, 0.3) is 0 Å². The summed E-state index contributed by atoms with van der Waals surface area (Å²) < 4.78 is 33.0. The molecule has 1 spiro atoms. The molecule has 0 saturated heterocycles. The van der Waals surface area contributed by atoms with E-state index < -0.39 is 9.84 Å². The Hall–Kier alpha value is -6.27. The van der Waals surface area contributed by atoms with Gasteiger partial charge in [-0.3, -0.25) is 0 Å². The van der Waals surface area contributed by atoms with E-state index in [2.05, 4.69) is 189 Å². The van der Waals surface area contributed by atoms with Crippen LogP contribution in [0.2, 0.25) is 0 Å². The third-order valence-corrected chi connectivity index (χ3v) is 19.3. The third-order valence-electron chi connectivity index (χ3n) is 16.3. The molecule has 0 amide bonds. The Labute approximate surface area is 386 Å². The van der Waals surface area contributed by atoms with Crippen LogP contribution >= 0.6 is 11.3 Å². The number of nitrogens with zero attached hydrogens (tertiary/aromatic N) is 1. The lowest BCUT2D eigenvalue weighted by atomic mass is 9.35. The lowest BCUT2D eigenvalue weighted by molar-refractivity contribution is -0.0756. The average molecular weight is 880 g/mol. The van der Waals surface area contributed by atoms with Gasteiger partial charge < -0.3 is 4.90 Å². The normalized spacial score (nSPS) is 24.6. The minimum Gasteiger partial charge on any atom is -0.310 e. The second-order valence-electron chi connectivity index (χ2n) is 19.5. The van der Waals surface area contributed by atoms with Crippen LogP contribution in [-0.4, -0.2) is 8.42 Å². The minimum atomic E-state index is -3.80. The first kappa shape index (κ1) is 39.1. The van der Waals surface area contributed by atoms with Gasteiger partial charge in [-0.2, -0.15) is 0 Å². The van der Waals surface area contributed by atoms with E-state index in [-0.39, 0.29) is 10.8 Å². The summed E-state index contributed by atoms with van der Waals surface area (Å²) >= 11 is 1.85. The molecular formula is C60H49NO2S2. The number of rotatable bonds is 6. The first-order valence-corrected chi connectivity index (χ1v) is 25.6. The molecule has 1 aliphatic heterocycles. The van der Waals surface area contributed by atoms with E-state index in [1.165, 1.54) is 36.9 Å². The molecule has 5 heteroatoms. The van der Waals surface area contributed by atoms with Crippen molar-refractivity contribution in [2.75, 3.05) is 4.90 Å². The van der Waals surface area contributed by atoms with E-state index in [0.29, 0.717) is 33.5 Å². The topological polar surface area (TPSA) is 37.4 Å². The number of hydrogen-bond donors (Lipinski definition) is 0. The molecular weight excluding hydrogens is 831 g/mol. The van der Waals surface area contributed by atoms with Crippen LogP contribution in [0.5, 0.6) is 0 Å². The van der Waals surface area contributed by atoms with E-state index in [1.54, 1.807) is 0 Å². The van der Waals surface area contributed by atoms with E-state index in [4.69, 9.17) is 0 Å². The highest BCUT2D eigenvalue weighted by Crippen LogP contribution is 2.80. The molecule has 8 aromatic carbocycles. The number of thiophene rings is 1. The zero-order chi connectivity index (χ0) is 43.7. The molecule has 3 aliphatic carbocycles. The van der Waals surface area contributed by atoms with E-state index in [1.807, 2.05) is 29.5 Å². The predicted molar refractivity (Wildman–Crippen MR) is 269 cm³/mol. The fourth-order valence-electron chi connectivity index (χ4n) is 14.0. The number of benzene rings is 8. The van der Waals surface area contributed by atoms with Crippen molar-refractivity contribution in [3.63, 3.8) is 0 Å². The Kier molecular flexibility index (Phi) is 8.65. The molecule has 0 bridgehead atoms. The fraction of sp³-hybridized carbons (Fsp3) is 0.200. The van der Waals surface area contributed by atoms with Gasteiger partial charge in [0, 0.05) is 48.1 Å². The Morgan fingerprint density at radius 2 is 1.15 bits per heavy atom. The van der Waals surface area contributed by atoms with Crippen LogP contribution in [0, 0.1) is 23.7 Å². The number of fused-ring (bicyclic) bond motifs is 5. The van der Waals surface area contributed by atoms with Gasteiger partial charge in [0.05, 0.1) is 9.79 Å². The summed E-state index contributed by atoms with van der Waals surface area (Å²) in [6.45, 7) is 4.84. The van der Waals surface area contributed by atoms with Crippen molar-refractivity contribution < 1.29 is 8.42 Å². The molecule has 3 saturated carbocycles. The second kappa shape index (κ2) is 14.4.